The average Bonchev–Trinajstić information content (AvgIpc) is 2.07. The number of alkyl halides is 5. The van der Waals surface area contributed by atoms with E-state index in [4.69, 9.17) is 5.73 Å². The third-order valence-corrected chi connectivity index (χ3v) is 2.43. The Morgan fingerprint density at radius 3 is 2.25 bits per heavy atom. The standard InChI is InChI=1S/C8H5BrF5NO/c9-6-4(16-7(10)11)2-1-3(15)5(6)8(12,13)14/h1-2,7H,15H2. The molecule has 90 valence electrons. The molecule has 0 spiro atoms. The van der Waals surface area contributed by atoms with Gasteiger partial charge in [-0.2, -0.15) is 22.0 Å². The minimum atomic E-state index is -4.75. The molecule has 1 aromatic rings. The molecule has 0 unspecified atom stereocenters. The van der Waals surface area contributed by atoms with Crippen molar-refractivity contribution in [1.29, 1.82) is 0 Å². The number of nitrogens with two attached hydrogens (primary N) is 1. The number of nitrogen functional groups attached to an aromatic ring is 1. The molecule has 0 saturated carbocycles. The topological polar surface area (TPSA) is 35.2 Å². The van der Waals surface area contributed by atoms with Crippen LogP contribution in [0.5, 0.6) is 5.75 Å². The van der Waals surface area contributed by atoms with Gasteiger partial charge in [0.2, 0.25) is 0 Å². The van der Waals surface area contributed by atoms with Crippen LogP contribution in [0.3, 0.4) is 0 Å². The SMILES string of the molecule is Nc1ccc(OC(F)F)c(Br)c1C(F)(F)F. The van der Waals surface area contributed by atoms with Crippen LogP contribution in [-0.2, 0) is 6.18 Å². The van der Waals surface area contributed by atoms with Crippen molar-refractivity contribution in [1.82, 2.24) is 0 Å². The molecule has 1 aromatic carbocycles. The van der Waals surface area contributed by atoms with E-state index < -0.39 is 34.3 Å². The van der Waals surface area contributed by atoms with E-state index in [2.05, 4.69) is 20.7 Å². The van der Waals surface area contributed by atoms with E-state index in [1.165, 1.54) is 0 Å². The van der Waals surface area contributed by atoms with E-state index in [1.807, 2.05) is 0 Å². The van der Waals surface area contributed by atoms with Gasteiger partial charge >= 0.3 is 12.8 Å². The van der Waals surface area contributed by atoms with Crippen LogP contribution in [0.4, 0.5) is 27.6 Å². The largest absolute Gasteiger partial charge is 0.434 e. The third kappa shape index (κ3) is 2.75. The molecule has 0 aliphatic heterocycles. The third-order valence-electron chi connectivity index (χ3n) is 1.64. The van der Waals surface area contributed by atoms with Gasteiger partial charge in [-0.25, -0.2) is 0 Å². The molecular weight excluding hydrogens is 301 g/mol. The molecule has 0 aliphatic rings. The first-order valence-electron chi connectivity index (χ1n) is 3.83. The van der Waals surface area contributed by atoms with Gasteiger partial charge in [-0.15, -0.1) is 0 Å². The number of hydrogen-bond acceptors (Lipinski definition) is 2. The first-order chi connectivity index (χ1) is 7.23. The van der Waals surface area contributed by atoms with Crippen LogP contribution in [0.15, 0.2) is 16.6 Å². The highest BCUT2D eigenvalue weighted by Gasteiger charge is 2.37. The van der Waals surface area contributed by atoms with E-state index >= 15 is 0 Å². The Balaban J connectivity index is 3.28. The predicted octanol–water partition coefficient (Wildman–Crippen LogP) is 3.65. The van der Waals surface area contributed by atoms with Crippen LogP contribution in [0, 0.1) is 0 Å². The van der Waals surface area contributed by atoms with Gasteiger partial charge in [-0.3, -0.25) is 0 Å². The number of rotatable bonds is 2. The van der Waals surface area contributed by atoms with Gasteiger partial charge in [0.25, 0.3) is 0 Å². The van der Waals surface area contributed by atoms with Gasteiger partial charge in [0.1, 0.15) is 5.75 Å². The summed E-state index contributed by atoms with van der Waals surface area (Å²) in [4.78, 5) is 0. The number of hydrogen-bond donors (Lipinski definition) is 1. The van der Waals surface area contributed by atoms with E-state index in [0.717, 1.165) is 12.1 Å². The van der Waals surface area contributed by atoms with Crippen molar-refractivity contribution in [3.63, 3.8) is 0 Å². The first kappa shape index (κ1) is 13.0. The van der Waals surface area contributed by atoms with Crippen molar-refractivity contribution in [3.05, 3.63) is 22.2 Å². The highest BCUT2D eigenvalue weighted by atomic mass is 79.9. The normalized spacial score (nSPS) is 11.9. The van der Waals surface area contributed by atoms with Crippen molar-refractivity contribution in [2.75, 3.05) is 5.73 Å². The fourth-order valence-corrected chi connectivity index (χ4v) is 1.73. The summed E-state index contributed by atoms with van der Waals surface area (Å²) in [5, 5.41) is 0. The van der Waals surface area contributed by atoms with Gasteiger partial charge in [0, 0.05) is 5.69 Å². The maximum absolute atomic E-state index is 12.5. The summed E-state index contributed by atoms with van der Waals surface area (Å²) in [5.74, 6) is -0.614. The van der Waals surface area contributed by atoms with Crippen molar-refractivity contribution in [2.24, 2.45) is 0 Å². The van der Waals surface area contributed by atoms with Crippen molar-refractivity contribution >= 4 is 21.6 Å². The molecule has 2 N–H and O–H groups in total. The van der Waals surface area contributed by atoms with E-state index in [1.54, 1.807) is 0 Å². The minimum absolute atomic E-state index is 0.569. The zero-order valence-electron chi connectivity index (χ0n) is 7.49. The lowest BCUT2D eigenvalue weighted by Crippen LogP contribution is -2.12. The molecule has 0 heterocycles. The van der Waals surface area contributed by atoms with Crippen LogP contribution in [0.2, 0.25) is 0 Å². The summed E-state index contributed by atoms with van der Waals surface area (Å²) < 4.78 is 64.4. The Morgan fingerprint density at radius 2 is 1.81 bits per heavy atom. The molecule has 0 saturated heterocycles. The van der Waals surface area contributed by atoms with Gasteiger partial charge in [-0.1, -0.05) is 0 Å². The maximum Gasteiger partial charge on any atom is 0.419 e. The second-order valence-electron chi connectivity index (χ2n) is 2.72. The van der Waals surface area contributed by atoms with Crippen LogP contribution >= 0.6 is 15.9 Å². The molecule has 8 heteroatoms. The lowest BCUT2D eigenvalue weighted by molar-refractivity contribution is -0.138. The second-order valence-corrected chi connectivity index (χ2v) is 3.51. The van der Waals surface area contributed by atoms with Crippen molar-refractivity contribution in [3.8, 4) is 5.75 Å². The fraction of sp³-hybridized carbons (Fsp3) is 0.250. The lowest BCUT2D eigenvalue weighted by atomic mass is 10.1. The zero-order valence-corrected chi connectivity index (χ0v) is 9.07. The molecule has 0 aliphatic carbocycles. The lowest BCUT2D eigenvalue weighted by Gasteiger charge is -2.15. The summed E-state index contributed by atoms with van der Waals surface area (Å²) in [5.41, 5.74) is 3.31. The van der Waals surface area contributed by atoms with Gasteiger partial charge in [0.05, 0.1) is 10.0 Å². The van der Waals surface area contributed by atoms with Crippen LogP contribution in [0.1, 0.15) is 5.56 Å². The van der Waals surface area contributed by atoms with Gasteiger partial charge in [0.15, 0.2) is 0 Å². The minimum Gasteiger partial charge on any atom is -0.434 e. The molecule has 1 rings (SSSR count). The average molecular weight is 306 g/mol. The molecule has 0 bridgehead atoms. The number of benzene rings is 1. The van der Waals surface area contributed by atoms with Gasteiger partial charge in [-0.05, 0) is 28.1 Å². The van der Waals surface area contributed by atoms with E-state index in [0.29, 0.717) is 0 Å². The Hall–Kier alpha value is -1.05. The summed E-state index contributed by atoms with van der Waals surface area (Å²) >= 11 is 2.54. The second kappa shape index (κ2) is 4.44. The molecule has 0 atom stereocenters. The first-order valence-corrected chi connectivity index (χ1v) is 4.62. The Labute approximate surface area is 95.3 Å². The molecule has 2 nitrogen and oxygen atoms in total. The highest BCUT2D eigenvalue weighted by molar-refractivity contribution is 9.10. The summed E-state index contributed by atoms with van der Waals surface area (Å²) in [7, 11) is 0. The van der Waals surface area contributed by atoms with Crippen molar-refractivity contribution in [2.45, 2.75) is 12.8 Å². The molecule has 0 amide bonds. The Bertz CT molecular complexity index is 393. The van der Waals surface area contributed by atoms with E-state index in [9.17, 15) is 22.0 Å². The monoisotopic (exact) mass is 305 g/mol. The quantitative estimate of drug-likeness (QED) is 0.668. The molecular formula is C8H5BrF5NO. The number of ether oxygens (including phenoxy) is 1. The predicted molar refractivity (Wildman–Crippen MR) is 50.2 cm³/mol. The molecule has 16 heavy (non-hydrogen) atoms. The Morgan fingerprint density at radius 1 is 1.25 bits per heavy atom. The summed E-state index contributed by atoms with van der Waals surface area (Å²) in [6, 6.07) is 1.78. The maximum atomic E-state index is 12.5. The smallest absolute Gasteiger partial charge is 0.419 e. The highest BCUT2D eigenvalue weighted by Crippen LogP contribution is 2.43. The Kier molecular flexibility index (Phi) is 3.61. The summed E-state index contributed by atoms with van der Waals surface area (Å²) in [6.07, 6.45) is -4.75. The number of halogens is 6. The van der Waals surface area contributed by atoms with E-state index in [-0.39, 0.29) is 0 Å². The van der Waals surface area contributed by atoms with Gasteiger partial charge < -0.3 is 10.5 Å². The molecule has 0 radical (unpaired) electrons. The van der Waals surface area contributed by atoms with Crippen LogP contribution in [-0.4, -0.2) is 6.61 Å². The molecule has 0 aromatic heterocycles. The fourth-order valence-electron chi connectivity index (χ4n) is 1.05. The summed E-state index contributed by atoms with van der Waals surface area (Å²) in [6.45, 7) is -3.21. The molecule has 0 fully saturated rings. The van der Waals surface area contributed by atoms with Crippen molar-refractivity contribution < 1.29 is 26.7 Å². The van der Waals surface area contributed by atoms with Crippen LogP contribution < -0.4 is 10.5 Å². The number of anilines is 1. The van der Waals surface area contributed by atoms with Crippen LogP contribution in [0.25, 0.3) is 0 Å². The zero-order chi connectivity index (χ0) is 12.5.